The minimum atomic E-state index is -0.606. The predicted molar refractivity (Wildman–Crippen MR) is 121 cm³/mol. The number of primary amides is 1. The summed E-state index contributed by atoms with van der Waals surface area (Å²) in [4.78, 5) is 23.9. The third kappa shape index (κ3) is 4.97. The summed E-state index contributed by atoms with van der Waals surface area (Å²) in [6.07, 6.45) is 0.0747. The average Bonchev–Trinajstić information content (AvgIpc) is 2.70. The van der Waals surface area contributed by atoms with Crippen LogP contribution in [0, 0.1) is 5.41 Å². The van der Waals surface area contributed by atoms with Crippen LogP contribution in [0.2, 0.25) is 10.0 Å². The van der Waals surface area contributed by atoms with Crippen molar-refractivity contribution in [2.75, 3.05) is 11.1 Å². The van der Waals surface area contributed by atoms with Gasteiger partial charge in [0, 0.05) is 38.1 Å². The quantitative estimate of drug-likeness (QED) is 0.338. The van der Waals surface area contributed by atoms with Gasteiger partial charge in [-0.1, -0.05) is 41.4 Å². The lowest BCUT2D eigenvalue weighted by molar-refractivity contribution is -0.115. The molecule has 8 heteroatoms. The Morgan fingerprint density at radius 3 is 2.43 bits per heavy atom. The van der Waals surface area contributed by atoms with Crippen LogP contribution in [0.15, 0.2) is 60.7 Å². The lowest BCUT2D eigenvalue weighted by Gasteiger charge is -2.12. The molecule has 6 N–H and O–H groups in total. The Morgan fingerprint density at radius 1 is 0.967 bits per heavy atom. The number of nitrogen functional groups attached to an aromatic ring is 1. The molecule has 0 aromatic heterocycles. The number of carbonyl (C=O) groups excluding carboxylic acids is 2. The van der Waals surface area contributed by atoms with E-state index in [1.54, 1.807) is 42.5 Å². The van der Waals surface area contributed by atoms with Crippen molar-refractivity contribution in [2.24, 2.45) is 5.73 Å². The van der Waals surface area contributed by atoms with E-state index in [0.717, 1.165) is 0 Å². The number of benzene rings is 3. The van der Waals surface area contributed by atoms with Crippen LogP contribution in [0.25, 0.3) is 0 Å². The molecule has 0 bridgehead atoms. The molecule has 0 saturated carbocycles. The SMILES string of the molecule is N=C(c1cccc(NC(=O)Cc2ccc(Cl)cc2Cl)c1)c1cc(C(N)=O)ccc1N. The van der Waals surface area contributed by atoms with Gasteiger partial charge < -0.3 is 16.8 Å². The highest BCUT2D eigenvalue weighted by Crippen LogP contribution is 2.23. The van der Waals surface area contributed by atoms with E-state index in [2.05, 4.69) is 5.32 Å². The third-order valence-electron chi connectivity index (χ3n) is 4.41. The zero-order valence-electron chi connectivity index (χ0n) is 15.7. The van der Waals surface area contributed by atoms with Crippen LogP contribution < -0.4 is 16.8 Å². The molecule has 0 aliphatic carbocycles. The van der Waals surface area contributed by atoms with Gasteiger partial charge in [0.2, 0.25) is 11.8 Å². The molecule has 0 aliphatic heterocycles. The number of nitrogens with two attached hydrogens (primary N) is 2. The normalized spacial score (nSPS) is 10.5. The molecule has 3 aromatic rings. The van der Waals surface area contributed by atoms with Crippen LogP contribution in [0.5, 0.6) is 0 Å². The maximum Gasteiger partial charge on any atom is 0.248 e. The number of anilines is 2. The van der Waals surface area contributed by atoms with Crippen molar-refractivity contribution in [3.63, 3.8) is 0 Å². The average molecular weight is 441 g/mol. The van der Waals surface area contributed by atoms with Crippen molar-refractivity contribution in [2.45, 2.75) is 6.42 Å². The molecule has 0 radical (unpaired) electrons. The fourth-order valence-corrected chi connectivity index (χ4v) is 3.35. The Labute approximate surface area is 183 Å². The van der Waals surface area contributed by atoms with Gasteiger partial charge in [-0.25, -0.2) is 0 Å². The Kier molecular flexibility index (Phi) is 6.40. The van der Waals surface area contributed by atoms with Gasteiger partial charge in [0.15, 0.2) is 0 Å². The first-order valence-corrected chi connectivity index (χ1v) is 9.62. The van der Waals surface area contributed by atoms with Crippen molar-refractivity contribution >= 4 is 52.1 Å². The molecule has 2 amide bonds. The third-order valence-corrected chi connectivity index (χ3v) is 5.00. The maximum atomic E-state index is 12.4. The van der Waals surface area contributed by atoms with Crippen molar-refractivity contribution in [3.05, 3.63) is 93.0 Å². The summed E-state index contributed by atoms with van der Waals surface area (Å²) < 4.78 is 0. The van der Waals surface area contributed by atoms with Crippen LogP contribution in [-0.4, -0.2) is 17.5 Å². The predicted octanol–water partition coefficient (Wildman–Crippen LogP) is 4.27. The number of halogens is 2. The van der Waals surface area contributed by atoms with Gasteiger partial charge in [0.1, 0.15) is 0 Å². The Balaban J connectivity index is 1.79. The molecule has 6 nitrogen and oxygen atoms in total. The molecule has 0 saturated heterocycles. The van der Waals surface area contributed by atoms with E-state index in [0.29, 0.717) is 38.1 Å². The topological polar surface area (TPSA) is 122 Å². The number of hydrogen-bond acceptors (Lipinski definition) is 4. The minimum absolute atomic E-state index is 0.0747. The van der Waals surface area contributed by atoms with Gasteiger partial charge in [-0.3, -0.25) is 15.0 Å². The first-order valence-electron chi connectivity index (χ1n) is 8.87. The maximum absolute atomic E-state index is 12.4. The Bertz CT molecular complexity index is 1160. The molecule has 0 atom stereocenters. The largest absolute Gasteiger partial charge is 0.398 e. The smallest absolute Gasteiger partial charge is 0.248 e. The van der Waals surface area contributed by atoms with E-state index in [4.69, 9.17) is 40.1 Å². The fourth-order valence-electron chi connectivity index (χ4n) is 2.88. The number of amides is 2. The summed E-state index contributed by atoms with van der Waals surface area (Å²) >= 11 is 12.0. The summed E-state index contributed by atoms with van der Waals surface area (Å²) in [6.45, 7) is 0. The summed E-state index contributed by atoms with van der Waals surface area (Å²) in [5, 5.41) is 12.2. The van der Waals surface area contributed by atoms with Gasteiger partial charge in [-0.05, 0) is 48.0 Å². The van der Waals surface area contributed by atoms with Gasteiger partial charge in [0.05, 0.1) is 12.1 Å². The number of rotatable bonds is 6. The van der Waals surface area contributed by atoms with Crippen LogP contribution in [0.3, 0.4) is 0 Å². The molecule has 0 fully saturated rings. The minimum Gasteiger partial charge on any atom is -0.398 e. The number of carbonyl (C=O) groups is 2. The van der Waals surface area contributed by atoms with Gasteiger partial charge in [0.25, 0.3) is 0 Å². The number of nitrogens with one attached hydrogen (secondary N) is 2. The number of hydrogen-bond donors (Lipinski definition) is 4. The monoisotopic (exact) mass is 440 g/mol. The van der Waals surface area contributed by atoms with Crippen molar-refractivity contribution in [1.82, 2.24) is 0 Å². The van der Waals surface area contributed by atoms with E-state index in [1.807, 2.05) is 0 Å². The summed E-state index contributed by atoms with van der Waals surface area (Å²) in [7, 11) is 0. The molecule has 30 heavy (non-hydrogen) atoms. The summed E-state index contributed by atoms with van der Waals surface area (Å²) in [6, 6.07) is 16.3. The molecule has 0 unspecified atom stereocenters. The zero-order valence-corrected chi connectivity index (χ0v) is 17.2. The van der Waals surface area contributed by atoms with E-state index < -0.39 is 5.91 Å². The van der Waals surface area contributed by atoms with Gasteiger partial charge in [-0.2, -0.15) is 0 Å². The van der Waals surface area contributed by atoms with Gasteiger partial charge >= 0.3 is 0 Å². The Morgan fingerprint density at radius 2 is 1.73 bits per heavy atom. The summed E-state index contributed by atoms with van der Waals surface area (Å²) in [5.74, 6) is -0.871. The van der Waals surface area contributed by atoms with Gasteiger partial charge in [-0.15, -0.1) is 0 Å². The van der Waals surface area contributed by atoms with Crippen molar-refractivity contribution in [3.8, 4) is 0 Å². The second kappa shape index (κ2) is 8.98. The van der Waals surface area contributed by atoms with Crippen molar-refractivity contribution in [1.29, 1.82) is 5.41 Å². The molecular formula is C22H18Cl2N4O2. The van der Waals surface area contributed by atoms with Crippen LogP contribution in [0.1, 0.15) is 27.0 Å². The standard InChI is InChI=1S/C22H18Cl2N4O2/c23-15-6-4-12(18(24)11-15)10-20(29)28-16-3-1-2-13(8-16)21(26)17-9-14(22(27)30)5-7-19(17)25/h1-9,11,26H,10,25H2,(H2,27,30)(H,28,29). The van der Waals surface area contributed by atoms with Crippen LogP contribution in [0.4, 0.5) is 11.4 Å². The second-order valence-corrected chi connectivity index (χ2v) is 7.43. The lowest BCUT2D eigenvalue weighted by Crippen LogP contribution is -2.15. The molecule has 0 aliphatic rings. The Hall–Kier alpha value is -3.35. The van der Waals surface area contributed by atoms with Crippen LogP contribution >= 0.6 is 23.2 Å². The molecule has 0 spiro atoms. The van der Waals surface area contributed by atoms with E-state index in [9.17, 15) is 9.59 Å². The first kappa shape index (κ1) is 21.4. The molecule has 3 rings (SSSR count). The van der Waals surface area contributed by atoms with E-state index in [-0.39, 0.29) is 23.6 Å². The fraction of sp³-hybridized carbons (Fsp3) is 0.0455. The highest BCUT2D eigenvalue weighted by Gasteiger charge is 2.13. The van der Waals surface area contributed by atoms with E-state index in [1.165, 1.54) is 18.2 Å². The zero-order chi connectivity index (χ0) is 21.8. The van der Waals surface area contributed by atoms with Crippen LogP contribution in [-0.2, 0) is 11.2 Å². The highest BCUT2D eigenvalue weighted by atomic mass is 35.5. The lowest BCUT2D eigenvalue weighted by atomic mass is 9.98. The van der Waals surface area contributed by atoms with E-state index >= 15 is 0 Å². The summed E-state index contributed by atoms with van der Waals surface area (Å²) in [5.41, 5.74) is 14.1. The molecule has 3 aromatic carbocycles. The second-order valence-electron chi connectivity index (χ2n) is 6.58. The van der Waals surface area contributed by atoms with Crippen molar-refractivity contribution < 1.29 is 9.59 Å². The molecular weight excluding hydrogens is 423 g/mol. The molecule has 152 valence electrons. The first-order chi connectivity index (χ1) is 14.2. The molecule has 0 heterocycles. The highest BCUT2D eigenvalue weighted by molar-refractivity contribution is 6.35.